The van der Waals surface area contributed by atoms with Gasteiger partial charge in [-0.3, -0.25) is 0 Å². The average molecular weight is 294 g/mol. The first kappa shape index (κ1) is 11.2. The average Bonchev–Trinajstić information content (AvgIpc) is 2.83. The maximum absolute atomic E-state index is 5.99. The fourth-order valence-corrected chi connectivity index (χ4v) is 3.16. The van der Waals surface area contributed by atoms with Crippen molar-refractivity contribution in [2.45, 2.75) is 31.2 Å². The summed E-state index contributed by atoms with van der Waals surface area (Å²) in [7, 11) is 2.10. The van der Waals surface area contributed by atoms with Gasteiger partial charge < -0.3 is 10.3 Å². The summed E-state index contributed by atoms with van der Waals surface area (Å²) < 4.78 is 3.29. The van der Waals surface area contributed by atoms with Crippen molar-refractivity contribution in [1.82, 2.24) is 9.55 Å². The molecule has 1 heterocycles. The zero-order valence-electron chi connectivity index (χ0n) is 9.86. The third-order valence-electron chi connectivity index (χ3n) is 3.72. The molecule has 2 unspecified atom stereocenters. The van der Waals surface area contributed by atoms with Crippen LogP contribution in [0, 0.1) is 0 Å². The lowest BCUT2D eigenvalue weighted by molar-refractivity contribution is 0.621. The van der Waals surface area contributed by atoms with E-state index < -0.39 is 0 Å². The Morgan fingerprint density at radius 1 is 1.41 bits per heavy atom. The topological polar surface area (TPSA) is 43.8 Å². The number of imidazole rings is 1. The highest BCUT2D eigenvalue weighted by molar-refractivity contribution is 9.10. The molecule has 17 heavy (non-hydrogen) atoms. The second-order valence-corrected chi connectivity index (χ2v) is 5.85. The number of hydrogen-bond donors (Lipinski definition) is 1. The molecule has 0 amide bonds. The number of aryl methyl sites for hydroxylation is 1. The van der Waals surface area contributed by atoms with E-state index in [1.54, 1.807) is 0 Å². The Morgan fingerprint density at radius 3 is 2.94 bits per heavy atom. The Labute approximate surface area is 109 Å². The summed E-state index contributed by atoms with van der Waals surface area (Å²) in [5.41, 5.74) is 8.25. The van der Waals surface area contributed by atoms with Crippen LogP contribution in [0.25, 0.3) is 11.0 Å². The fraction of sp³-hybridized carbons (Fsp3) is 0.462. The number of benzene rings is 1. The van der Waals surface area contributed by atoms with Crippen molar-refractivity contribution in [2.75, 3.05) is 0 Å². The largest absolute Gasteiger partial charge is 0.331 e. The van der Waals surface area contributed by atoms with Crippen LogP contribution in [0.15, 0.2) is 22.7 Å². The molecule has 1 fully saturated rings. The monoisotopic (exact) mass is 293 g/mol. The Morgan fingerprint density at radius 2 is 2.24 bits per heavy atom. The number of aromatic nitrogens is 2. The number of fused-ring (bicyclic) bond motifs is 1. The standard InChI is InChI=1S/C13H16BrN3/c1-17-12-5-3-9(14)7-11(12)16-13(17)8-2-4-10(15)6-8/h3,5,7-8,10H,2,4,6,15H2,1H3. The van der Waals surface area contributed by atoms with Gasteiger partial charge in [0.1, 0.15) is 5.82 Å². The molecule has 1 aliphatic carbocycles. The maximum atomic E-state index is 5.99. The molecule has 1 aromatic carbocycles. The van der Waals surface area contributed by atoms with Gasteiger partial charge in [-0.2, -0.15) is 0 Å². The van der Waals surface area contributed by atoms with Crippen molar-refractivity contribution in [1.29, 1.82) is 0 Å². The number of nitrogens with zero attached hydrogens (tertiary/aromatic N) is 2. The molecule has 0 aliphatic heterocycles. The quantitative estimate of drug-likeness (QED) is 0.879. The minimum Gasteiger partial charge on any atom is -0.331 e. The molecule has 0 radical (unpaired) electrons. The predicted molar refractivity (Wildman–Crippen MR) is 73.0 cm³/mol. The summed E-state index contributed by atoms with van der Waals surface area (Å²) in [6, 6.07) is 6.61. The van der Waals surface area contributed by atoms with Crippen LogP contribution in [0.5, 0.6) is 0 Å². The van der Waals surface area contributed by atoms with Crippen molar-refractivity contribution < 1.29 is 0 Å². The first-order valence-corrected chi connectivity index (χ1v) is 6.82. The van der Waals surface area contributed by atoms with Crippen LogP contribution >= 0.6 is 15.9 Å². The van der Waals surface area contributed by atoms with E-state index >= 15 is 0 Å². The zero-order chi connectivity index (χ0) is 12.0. The van der Waals surface area contributed by atoms with Gasteiger partial charge in [0.05, 0.1) is 11.0 Å². The van der Waals surface area contributed by atoms with Gasteiger partial charge in [0.25, 0.3) is 0 Å². The molecule has 2 atom stereocenters. The van der Waals surface area contributed by atoms with Gasteiger partial charge in [-0.25, -0.2) is 4.98 Å². The molecule has 90 valence electrons. The van der Waals surface area contributed by atoms with Crippen molar-refractivity contribution in [3.8, 4) is 0 Å². The molecule has 1 aromatic heterocycles. The van der Waals surface area contributed by atoms with E-state index in [9.17, 15) is 0 Å². The van der Waals surface area contributed by atoms with Crippen LogP contribution in [0.4, 0.5) is 0 Å². The van der Waals surface area contributed by atoms with E-state index in [1.807, 2.05) is 0 Å². The van der Waals surface area contributed by atoms with Crippen molar-refractivity contribution >= 4 is 27.0 Å². The van der Waals surface area contributed by atoms with E-state index in [0.29, 0.717) is 12.0 Å². The minimum atomic E-state index is 0.353. The Hall–Kier alpha value is -0.870. The van der Waals surface area contributed by atoms with Gasteiger partial charge >= 0.3 is 0 Å². The fourth-order valence-electron chi connectivity index (χ4n) is 2.81. The lowest BCUT2D eigenvalue weighted by Crippen LogP contribution is -2.15. The zero-order valence-corrected chi connectivity index (χ0v) is 11.4. The van der Waals surface area contributed by atoms with E-state index in [2.05, 4.69) is 45.7 Å². The second-order valence-electron chi connectivity index (χ2n) is 4.93. The smallest absolute Gasteiger partial charge is 0.112 e. The van der Waals surface area contributed by atoms with Gasteiger partial charge in [0.2, 0.25) is 0 Å². The highest BCUT2D eigenvalue weighted by Crippen LogP contribution is 2.34. The third-order valence-corrected chi connectivity index (χ3v) is 4.21. The number of nitrogens with two attached hydrogens (primary N) is 1. The molecule has 3 nitrogen and oxygen atoms in total. The first-order chi connectivity index (χ1) is 8.15. The van der Waals surface area contributed by atoms with Crippen LogP contribution < -0.4 is 5.73 Å². The van der Waals surface area contributed by atoms with Crippen molar-refractivity contribution in [2.24, 2.45) is 12.8 Å². The normalized spacial score (nSPS) is 24.6. The number of hydrogen-bond acceptors (Lipinski definition) is 2. The van der Waals surface area contributed by atoms with Crippen LogP contribution in [-0.2, 0) is 7.05 Å². The van der Waals surface area contributed by atoms with Crippen LogP contribution in [0.3, 0.4) is 0 Å². The summed E-state index contributed by atoms with van der Waals surface area (Å²) in [5, 5.41) is 0. The van der Waals surface area contributed by atoms with Gasteiger partial charge in [-0.05, 0) is 37.5 Å². The Balaban J connectivity index is 2.08. The van der Waals surface area contributed by atoms with Crippen LogP contribution in [0.1, 0.15) is 31.0 Å². The van der Waals surface area contributed by atoms with Crippen LogP contribution in [0.2, 0.25) is 0 Å². The molecule has 3 rings (SSSR count). The summed E-state index contributed by atoms with van der Waals surface area (Å²) >= 11 is 3.49. The molecule has 4 heteroatoms. The summed E-state index contributed by atoms with van der Waals surface area (Å²) in [4.78, 5) is 4.77. The SMILES string of the molecule is Cn1c(C2CCC(N)C2)nc2cc(Br)ccc21. The van der Waals surface area contributed by atoms with E-state index in [1.165, 1.54) is 17.8 Å². The number of halogens is 1. The minimum absolute atomic E-state index is 0.353. The summed E-state index contributed by atoms with van der Waals surface area (Å²) in [6.45, 7) is 0. The molecular formula is C13H16BrN3. The van der Waals surface area contributed by atoms with E-state index in [-0.39, 0.29) is 0 Å². The molecule has 0 saturated heterocycles. The number of rotatable bonds is 1. The van der Waals surface area contributed by atoms with Crippen LogP contribution in [-0.4, -0.2) is 15.6 Å². The lowest BCUT2D eigenvalue weighted by Gasteiger charge is -2.09. The highest BCUT2D eigenvalue weighted by atomic mass is 79.9. The first-order valence-electron chi connectivity index (χ1n) is 6.02. The Bertz CT molecular complexity index is 561. The predicted octanol–water partition coefficient (Wildman–Crippen LogP) is 2.93. The molecule has 2 N–H and O–H groups in total. The lowest BCUT2D eigenvalue weighted by atomic mass is 10.1. The van der Waals surface area contributed by atoms with Gasteiger partial charge in [-0.15, -0.1) is 0 Å². The Kier molecular flexibility index (Phi) is 2.71. The highest BCUT2D eigenvalue weighted by Gasteiger charge is 2.27. The molecule has 1 saturated carbocycles. The van der Waals surface area contributed by atoms with Gasteiger partial charge in [0, 0.05) is 23.5 Å². The van der Waals surface area contributed by atoms with E-state index in [0.717, 1.165) is 22.8 Å². The van der Waals surface area contributed by atoms with Crippen molar-refractivity contribution in [3.05, 3.63) is 28.5 Å². The molecule has 1 aliphatic rings. The summed E-state index contributed by atoms with van der Waals surface area (Å²) in [5.74, 6) is 1.72. The van der Waals surface area contributed by atoms with E-state index in [4.69, 9.17) is 10.7 Å². The van der Waals surface area contributed by atoms with Gasteiger partial charge in [-0.1, -0.05) is 15.9 Å². The third kappa shape index (κ3) is 1.89. The molecule has 2 aromatic rings. The molecule has 0 bridgehead atoms. The van der Waals surface area contributed by atoms with Crippen molar-refractivity contribution in [3.63, 3.8) is 0 Å². The molecular weight excluding hydrogens is 278 g/mol. The second kappa shape index (κ2) is 4.10. The maximum Gasteiger partial charge on any atom is 0.112 e. The summed E-state index contributed by atoms with van der Waals surface area (Å²) in [6.07, 6.45) is 3.36. The molecule has 0 spiro atoms. The van der Waals surface area contributed by atoms with Gasteiger partial charge in [0.15, 0.2) is 0 Å².